The number of hydrogen-bond donors (Lipinski definition) is 0. The number of rotatable bonds is 2. The van der Waals surface area contributed by atoms with Gasteiger partial charge in [0, 0.05) is 13.1 Å². The molecule has 1 fully saturated rings. The fraction of sp³-hybridized carbons (Fsp3) is 0.571. The Bertz CT molecular complexity index is 607. The van der Waals surface area contributed by atoms with E-state index in [4.69, 9.17) is 11.6 Å². The molecule has 0 spiro atoms. The summed E-state index contributed by atoms with van der Waals surface area (Å²) in [5.41, 5.74) is 0. The van der Waals surface area contributed by atoms with Crippen molar-refractivity contribution >= 4 is 42.8 Å². The van der Waals surface area contributed by atoms with E-state index >= 15 is 0 Å². The predicted octanol–water partition coefficient (Wildman–Crippen LogP) is 0.216. The van der Waals surface area contributed by atoms with E-state index in [9.17, 15) is 16.8 Å². The SMILES string of the molecule is O=S1(=O)CCN(S(=O)(=O)c2cnc(Cl)s2)CC1. The van der Waals surface area contributed by atoms with Gasteiger partial charge in [0.2, 0.25) is 0 Å². The summed E-state index contributed by atoms with van der Waals surface area (Å²) in [4.78, 5) is 3.67. The predicted molar refractivity (Wildman–Crippen MR) is 64.5 cm³/mol. The van der Waals surface area contributed by atoms with Crippen LogP contribution in [0.25, 0.3) is 0 Å². The van der Waals surface area contributed by atoms with Gasteiger partial charge in [-0.2, -0.15) is 4.31 Å². The molecule has 1 aromatic heterocycles. The van der Waals surface area contributed by atoms with Crippen molar-refractivity contribution in [1.82, 2.24) is 9.29 Å². The highest BCUT2D eigenvalue weighted by atomic mass is 35.5. The summed E-state index contributed by atoms with van der Waals surface area (Å²) in [6, 6.07) is 0. The summed E-state index contributed by atoms with van der Waals surface area (Å²) in [7, 11) is -6.75. The van der Waals surface area contributed by atoms with Crippen molar-refractivity contribution in [3.05, 3.63) is 10.7 Å². The lowest BCUT2D eigenvalue weighted by Crippen LogP contribution is -2.43. The summed E-state index contributed by atoms with van der Waals surface area (Å²) in [6.07, 6.45) is 1.19. The quantitative estimate of drug-likeness (QED) is 0.779. The maximum Gasteiger partial charge on any atom is 0.254 e. The van der Waals surface area contributed by atoms with Crippen LogP contribution in [0.1, 0.15) is 0 Å². The Hall–Kier alpha value is -0.220. The molecule has 96 valence electrons. The van der Waals surface area contributed by atoms with Crippen LogP contribution >= 0.6 is 22.9 Å². The van der Waals surface area contributed by atoms with E-state index in [1.165, 1.54) is 6.20 Å². The minimum atomic E-state index is -3.65. The van der Waals surface area contributed by atoms with Crippen molar-refractivity contribution in [2.75, 3.05) is 24.6 Å². The Morgan fingerprint density at radius 1 is 1.35 bits per heavy atom. The molecule has 0 N–H and O–H groups in total. The van der Waals surface area contributed by atoms with Gasteiger partial charge >= 0.3 is 0 Å². The number of thiazole rings is 1. The van der Waals surface area contributed by atoms with Crippen molar-refractivity contribution in [1.29, 1.82) is 0 Å². The molecule has 0 atom stereocenters. The molecule has 0 bridgehead atoms. The van der Waals surface area contributed by atoms with Gasteiger partial charge in [0.25, 0.3) is 10.0 Å². The van der Waals surface area contributed by atoms with Gasteiger partial charge in [-0.1, -0.05) is 22.9 Å². The second-order valence-electron chi connectivity index (χ2n) is 3.49. The molecule has 17 heavy (non-hydrogen) atoms. The number of sulfonamides is 1. The number of nitrogens with zero attached hydrogens (tertiary/aromatic N) is 2. The van der Waals surface area contributed by atoms with Crippen LogP contribution in [-0.2, 0) is 19.9 Å². The van der Waals surface area contributed by atoms with Gasteiger partial charge in [-0.15, -0.1) is 0 Å². The van der Waals surface area contributed by atoms with Crippen LogP contribution in [0.4, 0.5) is 0 Å². The molecule has 0 amide bonds. The van der Waals surface area contributed by atoms with E-state index in [1.807, 2.05) is 0 Å². The summed E-state index contributed by atoms with van der Waals surface area (Å²) in [5.74, 6) is -0.280. The first-order valence-corrected chi connectivity index (χ1v) is 9.09. The first kappa shape index (κ1) is 13.2. The number of sulfone groups is 1. The second-order valence-corrected chi connectivity index (χ2v) is 9.57. The van der Waals surface area contributed by atoms with E-state index in [-0.39, 0.29) is 33.3 Å². The zero-order valence-electron chi connectivity index (χ0n) is 8.54. The van der Waals surface area contributed by atoms with Crippen LogP contribution in [0.15, 0.2) is 10.4 Å². The summed E-state index contributed by atoms with van der Waals surface area (Å²) >= 11 is 6.44. The van der Waals surface area contributed by atoms with Gasteiger partial charge in [0.05, 0.1) is 17.7 Å². The largest absolute Gasteiger partial charge is 0.254 e. The van der Waals surface area contributed by atoms with Gasteiger partial charge in [-0.3, -0.25) is 0 Å². The minimum Gasteiger partial charge on any atom is -0.232 e. The maximum absolute atomic E-state index is 12.1. The number of halogens is 1. The third-order valence-corrected chi connectivity index (χ3v) is 7.41. The molecular weight excluding hydrogens is 308 g/mol. The summed E-state index contributed by atoms with van der Waals surface area (Å²) < 4.78 is 47.9. The van der Waals surface area contributed by atoms with Gasteiger partial charge in [-0.25, -0.2) is 21.8 Å². The van der Waals surface area contributed by atoms with E-state index in [2.05, 4.69) is 4.98 Å². The van der Waals surface area contributed by atoms with Gasteiger partial charge < -0.3 is 0 Å². The first-order valence-electron chi connectivity index (χ1n) is 4.63. The average Bonchev–Trinajstić information content (AvgIpc) is 2.65. The van der Waals surface area contributed by atoms with E-state index in [0.717, 1.165) is 15.6 Å². The third kappa shape index (κ3) is 2.79. The smallest absolute Gasteiger partial charge is 0.232 e. The van der Waals surface area contributed by atoms with Crippen LogP contribution < -0.4 is 0 Å². The fourth-order valence-corrected chi connectivity index (χ4v) is 5.74. The third-order valence-electron chi connectivity index (χ3n) is 2.35. The van der Waals surface area contributed by atoms with Crippen molar-refractivity contribution in [2.45, 2.75) is 4.21 Å². The molecule has 0 unspecified atom stereocenters. The Labute approximate surface area is 108 Å². The van der Waals surface area contributed by atoms with Crippen molar-refractivity contribution in [2.24, 2.45) is 0 Å². The normalized spacial score (nSPS) is 21.5. The zero-order valence-corrected chi connectivity index (χ0v) is 11.7. The van der Waals surface area contributed by atoms with Gasteiger partial charge in [0.15, 0.2) is 18.5 Å². The van der Waals surface area contributed by atoms with Crippen molar-refractivity contribution in [3.8, 4) is 0 Å². The molecule has 2 heterocycles. The lowest BCUT2D eigenvalue weighted by molar-refractivity contribution is 0.432. The Morgan fingerprint density at radius 2 is 1.94 bits per heavy atom. The Kier molecular flexibility index (Phi) is 3.47. The zero-order chi connectivity index (χ0) is 12.7. The number of aromatic nitrogens is 1. The average molecular weight is 317 g/mol. The molecule has 0 radical (unpaired) electrons. The highest BCUT2D eigenvalue weighted by Gasteiger charge is 2.32. The van der Waals surface area contributed by atoms with Gasteiger partial charge in [0.1, 0.15) is 0 Å². The molecule has 0 saturated carbocycles. The molecule has 0 aliphatic carbocycles. The van der Waals surface area contributed by atoms with Crippen LogP contribution in [0.5, 0.6) is 0 Å². The lowest BCUT2D eigenvalue weighted by Gasteiger charge is -2.24. The molecule has 1 aliphatic heterocycles. The molecular formula is C7H9ClN2O4S3. The standard InChI is InChI=1S/C7H9ClN2O4S3/c8-7-9-5-6(15-7)17(13,14)10-1-3-16(11,12)4-2-10/h5H,1-4H2. The fourth-order valence-electron chi connectivity index (χ4n) is 1.42. The van der Waals surface area contributed by atoms with E-state index < -0.39 is 19.9 Å². The van der Waals surface area contributed by atoms with Crippen LogP contribution in [0, 0.1) is 0 Å². The highest BCUT2D eigenvalue weighted by molar-refractivity contribution is 7.92. The topological polar surface area (TPSA) is 84.4 Å². The molecule has 1 aromatic rings. The molecule has 6 nitrogen and oxygen atoms in total. The van der Waals surface area contributed by atoms with E-state index in [1.54, 1.807) is 0 Å². The Balaban J connectivity index is 2.24. The molecule has 0 aromatic carbocycles. The van der Waals surface area contributed by atoms with Crippen LogP contribution in [0.2, 0.25) is 4.47 Å². The van der Waals surface area contributed by atoms with Gasteiger partial charge in [-0.05, 0) is 0 Å². The van der Waals surface area contributed by atoms with Crippen molar-refractivity contribution < 1.29 is 16.8 Å². The second kappa shape index (κ2) is 4.47. The number of hydrogen-bond acceptors (Lipinski definition) is 6. The molecule has 1 aliphatic rings. The highest BCUT2D eigenvalue weighted by Crippen LogP contribution is 2.26. The summed E-state index contributed by atoms with van der Waals surface area (Å²) in [6.45, 7) is -0.0274. The molecule has 10 heteroatoms. The Morgan fingerprint density at radius 3 is 2.41 bits per heavy atom. The molecule has 1 saturated heterocycles. The minimum absolute atomic E-state index is 0.0137. The molecule has 2 rings (SSSR count). The lowest BCUT2D eigenvalue weighted by atomic mass is 10.6. The van der Waals surface area contributed by atoms with Crippen molar-refractivity contribution in [3.63, 3.8) is 0 Å². The van der Waals surface area contributed by atoms with Crippen LogP contribution in [0.3, 0.4) is 0 Å². The van der Waals surface area contributed by atoms with Crippen LogP contribution in [-0.4, -0.2) is 50.7 Å². The maximum atomic E-state index is 12.1. The van der Waals surface area contributed by atoms with E-state index in [0.29, 0.717) is 0 Å². The first-order chi connectivity index (χ1) is 7.81. The monoisotopic (exact) mass is 316 g/mol. The summed E-state index contributed by atoms with van der Waals surface area (Å²) in [5, 5.41) is 0.